The second-order valence-electron chi connectivity index (χ2n) is 6.68. The first-order chi connectivity index (χ1) is 12.3. The van der Waals surface area contributed by atoms with Gasteiger partial charge in [-0.1, -0.05) is 48.6 Å². The molecule has 0 amide bonds. The van der Waals surface area contributed by atoms with E-state index in [4.69, 9.17) is 16.6 Å². The molecule has 1 aliphatic rings. The fourth-order valence-corrected chi connectivity index (χ4v) is 2.78. The number of fused-ring (bicyclic) bond motifs is 1. The Morgan fingerprint density at radius 2 is 1.88 bits per heavy atom. The van der Waals surface area contributed by atoms with Crippen LogP contribution >= 0.6 is 0 Å². The van der Waals surface area contributed by atoms with E-state index in [0.717, 1.165) is 12.0 Å². The molecule has 0 bridgehead atoms. The molecule has 0 fully saturated rings. The minimum Gasteiger partial charge on any atom is -0.508 e. The lowest BCUT2D eigenvalue weighted by atomic mass is 9.94. The van der Waals surface area contributed by atoms with Crippen molar-refractivity contribution in [3.05, 3.63) is 71.3 Å². The second-order valence-corrected chi connectivity index (χ2v) is 6.68. The summed E-state index contributed by atoms with van der Waals surface area (Å²) in [6.45, 7) is 1.62. The molecule has 26 heavy (non-hydrogen) atoms. The number of hydrogen-bond acceptors (Lipinski definition) is 5. The molecule has 0 heterocycles. The summed E-state index contributed by atoms with van der Waals surface area (Å²) in [5.74, 6) is -0.258. The van der Waals surface area contributed by atoms with Crippen molar-refractivity contribution in [2.75, 3.05) is 7.11 Å². The van der Waals surface area contributed by atoms with Crippen LogP contribution in [0.4, 0.5) is 0 Å². The molecule has 5 nitrogen and oxygen atoms in total. The van der Waals surface area contributed by atoms with Crippen molar-refractivity contribution in [3.8, 4) is 5.75 Å². The molecule has 2 unspecified atom stereocenters. The summed E-state index contributed by atoms with van der Waals surface area (Å²) < 4.78 is 4.60. The first kappa shape index (κ1) is 19.7. The van der Waals surface area contributed by atoms with Crippen LogP contribution in [-0.4, -0.2) is 29.8 Å². The first-order valence-electron chi connectivity index (χ1n) is 8.49. The maximum Gasteiger partial charge on any atom is 0.325 e. The predicted molar refractivity (Wildman–Crippen MR) is 104 cm³/mol. The van der Waals surface area contributed by atoms with Gasteiger partial charge in [-0.3, -0.25) is 4.79 Å². The van der Waals surface area contributed by atoms with Crippen LogP contribution in [0.25, 0.3) is 6.08 Å². The molecule has 0 spiro atoms. The molecular weight excluding hydrogens is 328 g/mol. The van der Waals surface area contributed by atoms with Crippen LogP contribution in [0.1, 0.15) is 23.6 Å². The fourth-order valence-electron chi connectivity index (χ4n) is 2.78. The maximum absolute atomic E-state index is 11.3. The van der Waals surface area contributed by atoms with E-state index < -0.39 is 11.5 Å². The van der Waals surface area contributed by atoms with Crippen molar-refractivity contribution >= 4 is 12.0 Å². The van der Waals surface area contributed by atoms with Gasteiger partial charge in [0.1, 0.15) is 11.3 Å². The average Bonchev–Trinajstić information content (AvgIpc) is 2.63. The molecule has 138 valence electrons. The van der Waals surface area contributed by atoms with Gasteiger partial charge in [-0.2, -0.15) is 0 Å². The van der Waals surface area contributed by atoms with Crippen molar-refractivity contribution in [1.29, 1.82) is 0 Å². The molecule has 0 radical (unpaired) electrons. The summed E-state index contributed by atoms with van der Waals surface area (Å²) in [7, 11) is 1.31. The number of rotatable bonds is 3. The van der Waals surface area contributed by atoms with Crippen LogP contribution in [0, 0.1) is 0 Å². The van der Waals surface area contributed by atoms with E-state index in [2.05, 4.69) is 41.2 Å². The van der Waals surface area contributed by atoms with E-state index >= 15 is 0 Å². The van der Waals surface area contributed by atoms with Gasteiger partial charge in [0.25, 0.3) is 0 Å². The predicted octanol–water partition coefficient (Wildman–Crippen LogP) is 2.41. The Balaban J connectivity index is 0.000000195. The zero-order chi connectivity index (χ0) is 19.2. The summed E-state index contributed by atoms with van der Waals surface area (Å²) in [5, 5.41) is 9.09. The van der Waals surface area contributed by atoms with Crippen molar-refractivity contribution in [1.82, 2.24) is 0 Å². The van der Waals surface area contributed by atoms with E-state index in [1.54, 1.807) is 31.2 Å². The van der Waals surface area contributed by atoms with Gasteiger partial charge in [0, 0.05) is 12.5 Å². The Morgan fingerprint density at radius 3 is 2.54 bits per heavy atom. The van der Waals surface area contributed by atoms with Crippen molar-refractivity contribution in [2.45, 2.75) is 31.3 Å². The van der Waals surface area contributed by atoms with Gasteiger partial charge < -0.3 is 21.3 Å². The van der Waals surface area contributed by atoms with Crippen molar-refractivity contribution in [2.24, 2.45) is 11.5 Å². The lowest BCUT2D eigenvalue weighted by Gasteiger charge is -2.21. The summed E-state index contributed by atoms with van der Waals surface area (Å²) >= 11 is 0. The summed E-state index contributed by atoms with van der Waals surface area (Å²) in [5.41, 5.74) is 14.1. The molecule has 3 rings (SSSR count). The zero-order valence-electron chi connectivity index (χ0n) is 15.2. The molecule has 5 N–H and O–H groups in total. The largest absolute Gasteiger partial charge is 0.508 e. The highest BCUT2D eigenvalue weighted by Gasteiger charge is 2.29. The third kappa shape index (κ3) is 5.44. The molecule has 2 aromatic carbocycles. The van der Waals surface area contributed by atoms with E-state index in [1.165, 1.54) is 18.2 Å². The van der Waals surface area contributed by atoms with Gasteiger partial charge in [-0.15, -0.1) is 0 Å². The summed E-state index contributed by atoms with van der Waals surface area (Å²) in [6.07, 6.45) is 5.51. The standard InChI is InChI=1S/C11H15NO3.C10H11N/c1-11(12,10(14)15-2)7-8-3-5-9(13)6-4-8;11-10-6-5-8-3-1-2-4-9(8)7-10/h3-6,13H,7,12H2,1-2H3;1-6,10H,7,11H2. The van der Waals surface area contributed by atoms with Gasteiger partial charge in [-0.25, -0.2) is 0 Å². The Kier molecular flexibility index (Phi) is 6.55. The summed E-state index contributed by atoms with van der Waals surface area (Å²) in [6, 6.07) is 15.2. The number of hydrogen-bond donors (Lipinski definition) is 3. The Morgan fingerprint density at radius 1 is 1.23 bits per heavy atom. The van der Waals surface area contributed by atoms with Crippen LogP contribution in [0.15, 0.2) is 54.6 Å². The molecule has 5 heteroatoms. The van der Waals surface area contributed by atoms with Crippen LogP contribution in [0.5, 0.6) is 5.75 Å². The van der Waals surface area contributed by atoms with E-state index in [1.807, 2.05) is 0 Å². The number of carbonyl (C=O) groups is 1. The van der Waals surface area contributed by atoms with Crippen molar-refractivity contribution < 1.29 is 14.6 Å². The number of phenols is 1. The monoisotopic (exact) mass is 354 g/mol. The number of ether oxygens (including phenoxy) is 1. The van der Waals surface area contributed by atoms with Gasteiger partial charge in [0.2, 0.25) is 0 Å². The number of nitrogens with two attached hydrogens (primary N) is 2. The van der Waals surface area contributed by atoms with Crippen LogP contribution in [0.2, 0.25) is 0 Å². The van der Waals surface area contributed by atoms with Gasteiger partial charge in [-0.05, 0) is 42.2 Å². The molecule has 0 saturated heterocycles. The lowest BCUT2D eigenvalue weighted by molar-refractivity contribution is -0.146. The molecule has 0 aromatic heterocycles. The Bertz CT molecular complexity index is 767. The van der Waals surface area contributed by atoms with Crippen LogP contribution < -0.4 is 11.5 Å². The quantitative estimate of drug-likeness (QED) is 0.735. The van der Waals surface area contributed by atoms with Crippen LogP contribution in [0.3, 0.4) is 0 Å². The lowest BCUT2D eigenvalue weighted by Crippen LogP contribution is -2.47. The fraction of sp³-hybridized carbons (Fsp3) is 0.286. The minimum absolute atomic E-state index is 0.190. The molecule has 0 saturated carbocycles. The van der Waals surface area contributed by atoms with Gasteiger partial charge in [0.15, 0.2) is 0 Å². The number of aromatic hydroxyl groups is 1. The SMILES string of the molecule is COC(=O)C(C)(N)Cc1ccc(O)cc1.NC1C=Cc2ccccc2C1. The number of esters is 1. The van der Waals surface area contributed by atoms with E-state index in [9.17, 15) is 4.79 Å². The Hall–Kier alpha value is -2.63. The number of benzene rings is 2. The summed E-state index contributed by atoms with van der Waals surface area (Å²) in [4.78, 5) is 11.3. The molecular formula is C21H26N2O3. The zero-order valence-corrected chi connectivity index (χ0v) is 15.2. The van der Waals surface area contributed by atoms with E-state index in [-0.39, 0.29) is 11.8 Å². The third-order valence-corrected chi connectivity index (χ3v) is 4.19. The van der Waals surface area contributed by atoms with Crippen molar-refractivity contribution in [3.63, 3.8) is 0 Å². The third-order valence-electron chi connectivity index (χ3n) is 4.19. The van der Waals surface area contributed by atoms with Crippen LogP contribution in [-0.2, 0) is 22.4 Å². The Labute approximate surface area is 154 Å². The molecule has 1 aliphatic carbocycles. The maximum atomic E-state index is 11.3. The highest BCUT2D eigenvalue weighted by Crippen LogP contribution is 2.17. The van der Waals surface area contributed by atoms with E-state index in [0.29, 0.717) is 6.42 Å². The first-order valence-corrected chi connectivity index (χ1v) is 8.49. The number of methoxy groups -OCH3 is 1. The van der Waals surface area contributed by atoms with Gasteiger partial charge in [0.05, 0.1) is 7.11 Å². The number of carbonyl (C=O) groups excluding carboxylic acids is 1. The molecule has 2 aromatic rings. The highest BCUT2D eigenvalue weighted by atomic mass is 16.5. The second kappa shape index (κ2) is 8.65. The molecule has 0 aliphatic heterocycles. The smallest absolute Gasteiger partial charge is 0.325 e. The average molecular weight is 354 g/mol. The normalized spacial score (nSPS) is 17.3. The highest BCUT2D eigenvalue weighted by molar-refractivity contribution is 5.80. The van der Waals surface area contributed by atoms with Gasteiger partial charge >= 0.3 is 5.97 Å². The minimum atomic E-state index is -1.04. The topological polar surface area (TPSA) is 98.6 Å². The number of phenolic OH excluding ortho intramolecular Hbond substituents is 1. The molecule has 2 atom stereocenters.